The summed E-state index contributed by atoms with van der Waals surface area (Å²) in [7, 11) is 5.11. The van der Waals surface area contributed by atoms with Gasteiger partial charge in [0.05, 0.1) is 31.9 Å². The minimum absolute atomic E-state index is 0.0118. The number of allylic oxidation sites excluding steroid dienone is 4. The van der Waals surface area contributed by atoms with E-state index in [2.05, 4.69) is 82.5 Å². The van der Waals surface area contributed by atoms with Crippen molar-refractivity contribution in [3.8, 4) is 29.3 Å². The van der Waals surface area contributed by atoms with E-state index in [0.717, 1.165) is 57.4 Å². The van der Waals surface area contributed by atoms with E-state index in [1.165, 1.54) is 0 Å². The zero-order valence-electron chi connectivity index (χ0n) is 53.1. The van der Waals surface area contributed by atoms with Crippen LogP contribution in [0.1, 0.15) is 146 Å². The number of nitrogens with two attached hydrogens (primary N) is 1. The third-order valence-corrected chi connectivity index (χ3v) is 18.5. The summed E-state index contributed by atoms with van der Waals surface area (Å²) in [6, 6.07) is 25.6. The maximum absolute atomic E-state index is 14.6. The lowest BCUT2D eigenvalue weighted by Gasteiger charge is -2.36. The highest BCUT2D eigenvalue weighted by atomic mass is 16.5. The molecule has 17 heteroatoms. The molecule has 10 bridgehead atoms. The molecule has 4 aliphatic heterocycles. The van der Waals surface area contributed by atoms with Crippen LogP contribution >= 0.6 is 0 Å². The fourth-order valence-corrected chi connectivity index (χ4v) is 13.6. The van der Waals surface area contributed by atoms with Crippen LogP contribution in [0.2, 0.25) is 0 Å². The Morgan fingerprint density at radius 2 is 1.77 bits per heavy atom. The number of aromatic hydroxyl groups is 1. The number of carbonyl (C=O) groups excluding carboxylic acids is 1. The number of carbonyl (C=O) groups is 1. The van der Waals surface area contributed by atoms with Crippen LogP contribution in [0.4, 0.5) is 5.69 Å². The lowest BCUT2D eigenvalue weighted by Crippen LogP contribution is -2.46. The number of nitrogens with one attached hydrogen (secondary N) is 4. The Morgan fingerprint density at radius 1 is 0.956 bits per heavy atom. The van der Waals surface area contributed by atoms with Gasteiger partial charge in [-0.3, -0.25) is 15.1 Å². The highest BCUT2D eigenvalue weighted by molar-refractivity contribution is 6.01. The molecular weight excluding hydrogens is 1140 g/mol. The maximum Gasteiger partial charge on any atom is 0.192 e. The second-order valence-corrected chi connectivity index (χ2v) is 24.9. The molecule has 17 nitrogen and oxygen atoms in total. The molecule has 0 spiro atoms. The number of fused-ring (bicyclic) bond motifs is 8. The lowest BCUT2D eigenvalue weighted by atomic mass is 9.70. The first kappa shape index (κ1) is 67.2. The number of aliphatic imine (C=N–C) groups is 1. The second-order valence-electron chi connectivity index (χ2n) is 24.9. The Kier molecular flexibility index (Phi) is 24.0. The molecule has 0 aromatic heterocycles. The predicted octanol–water partition coefficient (Wildman–Crippen LogP) is 9.84. The molecule has 6 aliphatic rings. The number of Topliss-reactive ketones (excluding diaryl/α,β-unsaturated/α-hetero) is 1. The molecule has 5 aromatic carbocycles. The van der Waals surface area contributed by atoms with Gasteiger partial charge in [0.1, 0.15) is 36.1 Å². The first-order valence-corrected chi connectivity index (χ1v) is 32.2. The number of ether oxygens (including phenoxy) is 4. The zero-order chi connectivity index (χ0) is 63.8. The number of nitrogens with zero attached hydrogens (tertiary/aromatic N) is 1. The van der Waals surface area contributed by atoms with Crippen LogP contribution in [0.3, 0.4) is 0 Å². The number of aliphatic hydroxyl groups excluding tert-OH is 4. The first-order chi connectivity index (χ1) is 43.6. The molecule has 0 radical (unpaired) electrons. The third-order valence-electron chi connectivity index (χ3n) is 18.5. The molecule has 0 saturated carbocycles. The van der Waals surface area contributed by atoms with Gasteiger partial charge in [-0.15, -0.1) is 0 Å². The second kappa shape index (κ2) is 32.2. The number of aliphatic hydroxyl groups is 5. The van der Waals surface area contributed by atoms with Crippen molar-refractivity contribution >= 4 is 34.3 Å². The van der Waals surface area contributed by atoms with Gasteiger partial charge in [0.2, 0.25) is 0 Å². The maximum atomic E-state index is 14.6. The number of ketones is 1. The van der Waals surface area contributed by atoms with Crippen LogP contribution in [0.15, 0.2) is 113 Å². The van der Waals surface area contributed by atoms with Gasteiger partial charge in [-0.05, 0) is 188 Å². The molecule has 0 saturated heterocycles. The van der Waals surface area contributed by atoms with E-state index in [4.69, 9.17) is 24.7 Å². The lowest BCUT2D eigenvalue weighted by molar-refractivity contribution is -0.121. The molecule has 11 rings (SSSR count). The van der Waals surface area contributed by atoms with E-state index < -0.39 is 36.3 Å². The molecule has 4 heterocycles. The largest absolute Gasteiger partial charge is 0.508 e. The van der Waals surface area contributed by atoms with Crippen molar-refractivity contribution in [2.45, 2.75) is 140 Å². The SMILES string of the molecule is CCC(NCC(C)O)NCC1CC(c2cccc(CCOCCCNC)c2)C2C#COC(CC(=O)CCc3ccc(OC)c(c3)OCc3c(C(O)O)cc4c2c(O)cc2c4c3C=CC2C)CC2C=C(O)C1=CC2CC(CO)CCc1cccc(NC(N)=NC)c1. The van der Waals surface area contributed by atoms with Gasteiger partial charge >= 0.3 is 0 Å². The van der Waals surface area contributed by atoms with E-state index >= 15 is 0 Å². The van der Waals surface area contributed by atoms with Gasteiger partial charge in [-0.1, -0.05) is 80.5 Å². The Hall–Kier alpha value is -7.24. The number of guanidine groups is 1. The minimum Gasteiger partial charge on any atom is -0.508 e. The molecule has 0 fully saturated rings. The average molecular weight is 1230 g/mol. The number of hydrogen-bond acceptors (Lipinski definition) is 15. The highest BCUT2D eigenvalue weighted by Crippen LogP contribution is 2.51. The summed E-state index contributed by atoms with van der Waals surface area (Å²) in [4.78, 5) is 18.7. The fourth-order valence-electron chi connectivity index (χ4n) is 13.6. The Morgan fingerprint density at radius 3 is 2.52 bits per heavy atom. The Labute approximate surface area is 530 Å². The molecule has 12 N–H and O–H groups in total. The number of rotatable bonds is 24. The number of anilines is 1. The molecule has 90 heavy (non-hydrogen) atoms. The summed E-state index contributed by atoms with van der Waals surface area (Å²) in [6.07, 6.45) is 13.1. The van der Waals surface area contributed by atoms with E-state index in [1.54, 1.807) is 27.1 Å². The van der Waals surface area contributed by atoms with Gasteiger partial charge in [-0.2, -0.15) is 0 Å². The van der Waals surface area contributed by atoms with Crippen molar-refractivity contribution in [1.29, 1.82) is 0 Å². The third kappa shape index (κ3) is 17.0. The summed E-state index contributed by atoms with van der Waals surface area (Å²) < 4.78 is 25.4. The predicted molar refractivity (Wildman–Crippen MR) is 355 cm³/mol. The van der Waals surface area contributed by atoms with Crippen molar-refractivity contribution in [3.05, 3.63) is 158 Å². The van der Waals surface area contributed by atoms with Gasteiger partial charge in [0.25, 0.3) is 0 Å². The van der Waals surface area contributed by atoms with E-state index in [-0.39, 0.29) is 78.7 Å². The number of hydrogen-bond donors (Lipinski definition) is 11. The quantitative estimate of drug-likeness (QED) is 0.00903. The first-order valence-electron chi connectivity index (χ1n) is 32.2. The standard InChI is InChI=1S/C73H94N6O11/c1-7-69(77-40-45(3)81)78-41-53-35-60(50-13-8-11-47(29-50)23-27-88-26-10-25-75-4)58-24-28-89-56(33-52-36-65(83)61(53)34-51(52)30-49(42-80)17-16-46-12-9-14-54(31-46)79-73(74)76-5)37-55(82)20-18-48-19-22-67(87-6)68(32-48)90-43-64-57-21-15-44(2)59-39-66(84)71(58)63(70(57)59)38-62(64)72(85)86/h8-9,11-15,19,21-22,29,31-32,34,36,38-39,44-45,49,51-53,56,58,60,69,72,75,77-78,80-81,83-86H,7,10,16-18,20,23,25-27,30,33,35,37,40-43H2,1-6H3,(H3,74,76,79). The van der Waals surface area contributed by atoms with Crippen LogP contribution in [0.5, 0.6) is 17.2 Å². The van der Waals surface area contributed by atoms with Gasteiger partial charge in [0, 0.05) is 86.3 Å². The topological polar surface area (TPSA) is 262 Å². The van der Waals surface area contributed by atoms with Gasteiger partial charge < -0.3 is 71.3 Å². The highest BCUT2D eigenvalue weighted by Gasteiger charge is 2.39. The van der Waals surface area contributed by atoms with Crippen molar-refractivity contribution in [2.75, 3.05) is 66.0 Å². The average Bonchev–Trinajstić information content (AvgIpc) is 0.759. The van der Waals surface area contributed by atoms with Gasteiger partial charge in [-0.25, -0.2) is 0 Å². The summed E-state index contributed by atoms with van der Waals surface area (Å²) >= 11 is 0. The van der Waals surface area contributed by atoms with Crippen molar-refractivity contribution in [1.82, 2.24) is 16.0 Å². The molecule has 10 atom stereocenters. The van der Waals surface area contributed by atoms with E-state index in [1.807, 2.05) is 73.8 Å². The molecule has 482 valence electrons. The van der Waals surface area contributed by atoms with Crippen LogP contribution in [-0.2, 0) is 40.1 Å². The molecule has 5 aromatic rings. The molecule has 2 aliphatic carbocycles. The summed E-state index contributed by atoms with van der Waals surface area (Å²) in [6.45, 7) is 8.39. The number of phenolic OH excluding ortho intramolecular Hbond substituents is 1. The fraction of sp³-hybridized carbons (Fsp3) is 0.479. The smallest absolute Gasteiger partial charge is 0.192 e. The van der Waals surface area contributed by atoms with Crippen molar-refractivity contribution < 1.29 is 54.4 Å². The van der Waals surface area contributed by atoms with Crippen LogP contribution in [0, 0.1) is 35.7 Å². The van der Waals surface area contributed by atoms with Crippen LogP contribution < -0.4 is 36.5 Å². The van der Waals surface area contributed by atoms with Gasteiger partial charge in [0.15, 0.2) is 23.7 Å². The number of aryl methyl sites for hydroxylation is 2. The zero-order valence-corrected chi connectivity index (χ0v) is 53.1. The van der Waals surface area contributed by atoms with Crippen LogP contribution in [-0.4, -0.2) is 121 Å². The van der Waals surface area contributed by atoms with Crippen LogP contribution in [0.25, 0.3) is 16.8 Å². The number of benzene rings is 5. The summed E-state index contributed by atoms with van der Waals surface area (Å²) in [5, 5.41) is 85.7. The normalized spacial score (nSPS) is 22.0. The Bertz CT molecular complexity index is 3460. The Balaban J connectivity index is 1.26. The monoisotopic (exact) mass is 1230 g/mol. The van der Waals surface area contributed by atoms with E-state index in [0.29, 0.717) is 117 Å². The number of methoxy groups -OCH3 is 1. The molecular formula is C73H94N6O11. The number of phenols is 1. The minimum atomic E-state index is -1.96. The van der Waals surface area contributed by atoms with Crippen molar-refractivity contribution in [2.24, 2.45) is 34.4 Å². The molecule has 10 unspecified atom stereocenters. The van der Waals surface area contributed by atoms with E-state index in [9.17, 15) is 35.4 Å². The summed E-state index contributed by atoms with van der Waals surface area (Å²) in [5.74, 6) is 2.10. The summed E-state index contributed by atoms with van der Waals surface area (Å²) in [5.41, 5.74) is 14.2. The van der Waals surface area contributed by atoms with Crippen molar-refractivity contribution in [3.63, 3.8) is 0 Å². The molecule has 0 amide bonds.